The molecule has 11 heteroatoms. The minimum Gasteiger partial charge on any atom is -0.494 e. The van der Waals surface area contributed by atoms with E-state index in [1.807, 2.05) is 37.3 Å². The molecular formula is C34H35ClFN3O5S. The van der Waals surface area contributed by atoms with Crippen LogP contribution < -0.4 is 14.4 Å². The first-order valence-corrected chi connectivity index (χ1v) is 16.3. The highest BCUT2D eigenvalue weighted by molar-refractivity contribution is 7.92. The number of amides is 2. The van der Waals surface area contributed by atoms with Gasteiger partial charge < -0.3 is 15.0 Å². The highest BCUT2D eigenvalue weighted by Gasteiger charge is 2.34. The topological polar surface area (TPSA) is 96.0 Å². The SMILES string of the molecule is CCNC(=O)[C@@H](Cc1ccccc1)N(Cc1ccccc1Cl)C(=O)CN(c1ccc(F)cc1)S(=O)(=O)c1ccc(OCC)cc1. The zero-order valence-electron chi connectivity index (χ0n) is 25.0. The van der Waals surface area contributed by atoms with Gasteiger partial charge in [-0.25, -0.2) is 12.8 Å². The number of sulfonamides is 1. The van der Waals surface area contributed by atoms with E-state index in [2.05, 4.69) is 5.32 Å². The molecule has 8 nitrogen and oxygen atoms in total. The van der Waals surface area contributed by atoms with Crippen molar-refractivity contribution in [2.45, 2.75) is 37.8 Å². The lowest BCUT2D eigenvalue weighted by Crippen LogP contribution is -2.53. The van der Waals surface area contributed by atoms with Gasteiger partial charge in [0.25, 0.3) is 10.0 Å². The van der Waals surface area contributed by atoms with Crippen LogP contribution in [0.3, 0.4) is 0 Å². The lowest BCUT2D eigenvalue weighted by atomic mass is 10.0. The largest absolute Gasteiger partial charge is 0.494 e. The normalized spacial score (nSPS) is 11.8. The van der Waals surface area contributed by atoms with Gasteiger partial charge in [0.15, 0.2) is 0 Å². The molecule has 4 aromatic rings. The summed E-state index contributed by atoms with van der Waals surface area (Å²) in [7, 11) is -4.34. The monoisotopic (exact) mass is 651 g/mol. The van der Waals surface area contributed by atoms with Crippen LogP contribution in [0.2, 0.25) is 5.02 Å². The third-order valence-corrected chi connectivity index (χ3v) is 9.19. The van der Waals surface area contributed by atoms with Crippen molar-refractivity contribution < 1.29 is 27.1 Å². The summed E-state index contributed by atoms with van der Waals surface area (Å²) in [6.07, 6.45) is 0.172. The highest BCUT2D eigenvalue weighted by atomic mass is 35.5. The van der Waals surface area contributed by atoms with Gasteiger partial charge in [-0.15, -0.1) is 0 Å². The van der Waals surface area contributed by atoms with Crippen molar-refractivity contribution >= 4 is 39.1 Å². The Balaban J connectivity index is 1.79. The molecule has 0 unspecified atom stereocenters. The van der Waals surface area contributed by atoms with Crippen molar-refractivity contribution in [3.63, 3.8) is 0 Å². The Hall–Kier alpha value is -4.41. The van der Waals surface area contributed by atoms with Gasteiger partial charge in [-0.3, -0.25) is 13.9 Å². The summed E-state index contributed by atoms with van der Waals surface area (Å²) >= 11 is 6.49. The summed E-state index contributed by atoms with van der Waals surface area (Å²) in [6, 6.07) is 25.8. The number of hydrogen-bond donors (Lipinski definition) is 1. The van der Waals surface area contributed by atoms with Crippen molar-refractivity contribution in [1.29, 1.82) is 0 Å². The predicted octanol–water partition coefficient (Wildman–Crippen LogP) is 5.85. The number of benzene rings is 4. The molecule has 0 saturated heterocycles. The van der Waals surface area contributed by atoms with Crippen molar-refractivity contribution in [3.05, 3.63) is 125 Å². The fourth-order valence-electron chi connectivity index (χ4n) is 4.79. The van der Waals surface area contributed by atoms with Gasteiger partial charge in [-0.05, 0) is 79.6 Å². The van der Waals surface area contributed by atoms with Crippen LogP contribution >= 0.6 is 11.6 Å². The highest BCUT2D eigenvalue weighted by Crippen LogP contribution is 2.27. The van der Waals surface area contributed by atoms with Crippen LogP contribution in [-0.4, -0.2) is 50.9 Å². The standard InChI is InChI=1S/C34H35ClFN3O5S/c1-3-37-34(41)32(22-25-10-6-5-7-11-25)38(23-26-12-8-9-13-31(26)35)33(40)24-39(28-16-14-27(36)15-17-28)45(42,43)30-20-18-29(19-21-30)44-4-2/h5-21,32H,3-4,22-24H2,1-2H3,(H,37,41)/t32-/m1/s1. The summed E-state index contributed by atoms with van der Waals surface area (Å²) in [5.41, 5.74) is 1.47. The molecule has 0 spiro atoms. The summed E-state index contributed by atoms with van der Waals surface area (Å²) in [5.74, 6) is -1.13. The van der Waals surface area contributed by atoms with Crippen molar-refractivity contribution in [2.24, 2.45) is 0 Å². The van der Waals surface area contributed by atoms with Gasteiger partial charge in [0.1, 0.15) is 24.2 Å². The number of nitrogens with one attached hydrogen (secondary N) is 1. The Morgan fingerprint density at radius 3 is 2.16 bits per heavy atom. The second-order valence-electron chi connectivity index (χ2n) is 10.1. The molecule has 0 aliphatic heterocycles. The molecule has 0 aliphatic carbocycles. The number of nitrogens with zero attached hydrogens (tertiary/aromatic N) is 2. The molecule has 0 aliphatic rings. The van der Waals surface area contributed by atoms with Crippen LogP contribution in [0, 0.1) is 5.82 Å². The summed E-state index contributed by atoms with van der Waals surface area (Å²) in [6.45, 7) is 3.58. The number of hydrogen-bond acceptors (Lipinski definition) is 5. The maximum atomic E-state index is 14.4. The number of halogens is 2. The van der Waals surface area contributed by atoms with Crippen LogP contribution in [0.25, 0.3) is 0 Å². The first-order chi connectivity index (χ1) is 21.6. The molecule has 236 valence electrons. The average Bonchev–Trinajstić information content (AvgIpc) is 3.04. The van der Waals surface area contributed by atoms with Crippen molar-refractivity contribution in [2.75, 3.05) is 24.0 Å². The average molecular weight is 652 g/mol. The van der Waals surface area contributed by atoms with Crippen LogP contribution in [0.1, 0.15) is 25.0 Å². The second kappa shape index (κ2) is 15.5. The molecule has 4 aromatic carbocycles. The minimum atomic E-state index is -4.34. The third-order valence-electron chi connectivity index (χ3n) is 7.04. The van der Waals surface area contributed by atoms with Gasteiger partial charge in [0, 0.05) is 24.5 Å². The fraction of sp³-hybridized carbons (Fsp3) is 0.235. The summed E-state index contributed by atoms with van der Waals surface area (Å²) in [5, 5.41) is 3.20. The molecule has 0 radical (unpaired) electrons. The summed E-state index contributed by atoms with van der Waals surface area (Å²) < 4.78 is 48.4. The molecule has 1 N–H and O–H groups in total. The van der Waals surface area contributed by atoms with E-state index in [1.54, 1.807) is 31.2 Å². The van der Waals surface area contributed by atoms with E-state index >= 15 is 0 Å². The Kier molecular flexibility index (Phi) is 11.6. The Morgan fingerprint density at radius 1 is 0.889 bits per heavy atom. The second-order valence-corrected chi connectivity index (χ2v) is 12.4. The molecule has 0 bridgehead atoms. The summed E-state index contributed by atoms with van der Waals surface area (Å²) in [4.78, 5) is 29.2. The van der Waals surface area contributed by atoms with Gasteiger partial charge >= 0.3 is 0 Å². The van der Waals surface area contributed by atoms with Crippen molar-refractivity contribution in [1.82, 2.24) is 10.2 Å². The van der Waals surface area contributed by atoms with E-state index in [0.29, 0.717) is 29.5 Å². The number of carbonyl (C=O) groups excluding carboxylic acids is 2. The Bertz CT molecular complexity index is 1690. The molecule has 0 saturated carbocycles. The van der Waals surface area contributed by atoms with Gasteiger partial charge in [-0.1, -0.05) is 60.1 Å². The fourth-order valence-corrected chi connectivity index (χ4v) is 6.40. The van der Waals surface area contributed by atoms with Crippen LogP contribution in [0.5, 0.6) is 5.75 Å². The zero-order chi connectivity index (χ0) is 32.4. The zero-order valence-corrected chi connectivity index (χ0v) is 26.6. The minimum absolute atomic E-state index is 0.0620. The molecular weight excluding hydrogens is 617 g/mol. The van der Waals surface area contributed by atoms with Gasteiger partial charge in [-0.2, -0.15) is 0 Å². The van der Waals surface area contributed by atoms with E-state index < -0.39 is 40.2 Å². The number of ether oxygens (including phenoxy) is 1. The maximum absolute atomic E-state index is 14.4. The van der Waals surface area contributed by atoms with E-state index in [9.17, 15) is 22.4 Å². The lowest BCUT2D eigenvalue weighted by Gasteiger charge is -2.34. The van der Waals surface area contributed by atoms with Crippen LogP contribution in [-0.2, 0) is 32.6 Å². The quantitative estimate of drug-likeness (QED) is 0.185. The van der Waals surface area contributed by atoms with Crippen LogP contribution in [0.4, 0.5) is 10.1 Å². The van der Waals surface area contributed by atoms with E-state index in [-0.39, 0.29) is 23.5 Å². The molecule has 45 heavy (non-hydrogen) atoms. The van der Waals surface area contributed by atoms with E-state index in [4.69, 9.17) is 16.3 Å². The first-order valence-electron chi connectivity index (χ1n) is 14.5. The molecule has 0 aromatic heterocycles. The predicted molar refractivity (Wildman–Crippen MR) is 173 cm³/mol. The van der Waals surface area contributed by atoms with Crippen molar-refractivity contribution in [3.8, 4) is 5.75 Å². The molecule has 2 amide bonds. The number of carbonyl (C=O) groups is 2. The smallest absolute Gasteiger partial charge is 0.264 e. The molecule has 4 rings (SSSR count). The third kappa shape index (κ3) is 8.61. The van der Waals surface area contributed by atoms with E-state index in [1.165, 1.54) is 41.3 Å². The lowest BCUT2D eigenvalue weighted by molar-refractivity contribution is -0.140. The van der Waals surface area contributed by atoms with Crippen LogP contribution in [0.15, 0.2) is 108 Å². The van der Waals surface area contributed by atoms with Gasteiger partial charge in [0.05, 0.1) is 17.2 Å². The number of likely N-dealkylation sites (N-methyl/N-ethyl adjacent to an activating group) is 1. The first kappa shape index (κ1) is 33.5. The number of anilines is 1. The Labute approximate surface area is 268 Å². The molecule has 0 fully saturated rings. The van der Waals surface area contributed by atoms with Gasteiger partial charge in [0.2, 0.25) is 11.8 Å². The molecule has 1 atom stereocenters. The Morgan fingerprint density at radius 2 is 1.53 bits per heavy atom. The molecule has 0 heterocycles. The van der Waals surface area contributed by atoms with E-state index in [0.717, 1.165) is 22.0 Å². The number of rotatable bonds is 14. The maximum Gasteiger partial charge on any atom is 0.264 e.